The number of aryl methyl sites for hydroxylation is 1. The molecule has 0 saturated carbocycles. The zero-order valence-corrected chi connectivity index (χ0v) is 15.5. The first-order valence-electron chi connectivity index (χ1n) is 7.84. The number of nitrogens with one attached hydrogen (secondary N) is 2. The van der Waals surface area contributed by atoms with Crippen molar-refractivity contribution in [3.05, 3.63) is 11.6 Å². The van der Waals surface area contributed by atoms with Crippen LogP contribution in [-0.4, -0.2) is 45.3 Å². The Balaban J connectivity index is 2.66. The summed E-state index contributed by atoms with van der Waals surface area (Å²) in [5.74, 6) is 4.34. The zero-order chi connectivity index (χ0) is 16.5. The summed E-state index contributed by atoms with van der Waals surface area (Å²) < 4.78 is 1.97. The minimum absolute atomic E-state index is 0.369. The Morgan fingerprint density at radius 2 is 2.05 bits per heavy atom. The number of aliphatic imine (C=N–C) groups is 1. The fourth-order valence-corrected chi connectivity index (χ4v) is 2.13. The summed E-state index contributed by atoms with van der Waals surface area (Å²) in [5, 5.41) is 15.1. The minimum Gasteiger partial charge on any atom is -0.356 e. The van der Waals surface area contributed by atoms with Crippen molar-refractivity contribution in [3.8, 4) is 0 Å². The van der Waals surface area contributed by atoms with Gasteiger partial charge in [-0.05, 0) is 38.2 Å². The molecule has 0 aliphatic carbocycles. The van der Waals surface area contributed by atoms with E-state index in [1.165, 1.54) is 0 Å². The minimum atomic E-state index is 0.369. The van der Waals surface area contributed by atoms with Gasteiger partial charge >= 0.3 is 0 Å². The van der Waals surface area contributed by atoms with E-state index in [0.717, 1.165) is 36.3 Å². The Bertz CT molecular complexity index is 469. The van der Waals surface area contributed by atoms with Gasteiger partial charge in [0.1, 0.15) is 12.4 Å². The quantitative estimate of drug-likeness (QED) is 0.434. The van der Waals surface area contributed by atoms with Gasteiger partial charge in [0.25, 0.3) is 0 Å². The molecule has 126 valence electrons. The van der Waals surface area contributed by atoms with Crippen molar-refractivity contribution in [2.24, 2.45) is 18.0 Å². The van der Waals surface area contributed by atoms with Gasteiger partial charge in [0.05, 0.1) is 0 Å². The average molecular weight is 327 g/mol. The molecule has 2 N–H and O–H groups in total. The smallest absolute Gasteiger partial charge is 0.191 e. The van der Waals surface area contributed by atoms with Crippen LogP contribution in [0.1, 0.15) is 38.8 Å². The summed E-state index contributed by atoms with van der Waals surface area (Å²) in [6.45, 7) is 9.98. The number of rotatable bonds is 8. The molecule has 1 aromatic heterocycles. The van der Waals surface area contributed by atoms with Gasteiger partial charge in [-0.15, -0.1) is 10.2 Å². The highest BCUT2D eigenvalue weighted by molar-refractivity contribution is 7.98. The molecule has 0 saturated heterocycles. The Labute approximate surface area is 138 Å². The first kappa shape index (κ1) is 18.8. The molecule has 0 aliphatic heterocycles. The lowest BCUT2D eigenvalue weighted by Gasteiger charge is -2.21. The SMILES string of the molecule is CSCCCNC(=NCc1nnc(C)n1C)NC(C)C(C)C. The first-order valence-corrected chi connectivity index (χ1v) is 9.23. The summed E-state index contributed by atoms with van der Waals surface area (Å²) in [5.41, 5.74) is 0. The van der Waals surface area contributed by atoms with E-state index in [2.05, 4.69) is 52.9 Å². The molecule has 0 amide bonds. The summed E-state index contributed by atoms with van der Waals surface area (Å²) in [6, 6.07) is 0.369. The van der Waals surface area contributed by atoms with Gasteiger partial charge < -0.3 is 15.2 Å². The standard InChI is InChI=1S/C15H30N6S/c1-11(2)12(3)18-15(16-8-7-9-22-6)17-10-14-20-19-13(4)21(14)5/h11-12H,7-10H2,1-6H3,(H2,16,17,18). The molecule has 0 aliphatic rings. The van der Waals surface area contributed by atoms with Gasteiger partial charge in [-0.1, -0.05) is 13.8 Å². The predicted molar refractivity (Wildman–Crippen MR) is 95.3 cm³/mol. The highest BCUT2D eigenvalue weighted by Gasteiger charge is 2.10. The van der Waals surface area contributed by atoms with Crippen LogP contribution in [-0.2, 0) is 13.6 Å². The molecule has 0 radical (unpaired) electrons. The number of thioether (sulfide) groups is 1. The van der Waals surface area contributed by atoms with Crippen LogP contribution in [0.3, 0.4) is 0 Å². The third kappa shape index (κ3) is 6.25. The van der Waals surface area contributed by atoms with Gasteiger partial charge in [0.2, 0.25) is 0 Å². The number of hydrogen-bond acceptors (Lipinski definition) is 4. The molecule has 1 aromatic rings. The van der Waals surface area contributed by atoms with Gasteiger partial charge in [0, 0.05) is 19.6 Å². The Morgan fingerprint density at radius 1 is 1.32 bits per heavy atom. The topological polar surface area (TPSA) is 67.1 Å². The summed E-state index contributed by atoms with van der Waals surface area (Å²) >= 11 is 1.87. The fraction of sp³-hybridized carbons (Fsp3) is 0.800. The van der Waals surface area contributed by atoms with Crippen LogP contribution in [0.25, 0.3) is 0 Å². The van der Waals surface area contributed by atoms with Crippen LogP contribution in [0.5, 0.6) is 0 Å². The molecular formula is C15H30N6S. The molecule has 7 heteroatoms. The third-order valence-corrected chi connectivity index (χ3v) is 4.44. The van der Waals surface area contributed by atoms with E-state index < -0.39 is 0 Å². The maximum Gasteiger partial charge on any atom is 0.191 e. The number of aromatic nitrogens is 3. The predicted octanol–water partition coefficient (Wildman–Crippen LogP) is 1.96. The zero-order valence-electron chi connectivity index (χ0n) is 14.7. The molecular weight excluding hydrogens is 296 g/mol. The monoisotopic (exact) mass is 326 g/mol. The van der Waals surface area contributed by atoms with Crippen molar-refractivity contribution >= 4 is 17.7 Å². The van der Waals surface area contributed by atoms with E-state index in [4.69, 9.17) is 0 Å². The van der Waals surface area contributed by atoms with Crippen LogP contribution in [0.15, 0.2) is 4.99 Å². The molecule has 0 fully saturated rings. The van der Waals surface area contributed by atoms with Gasteiger partial charge in [0.15, 0.2) is 11.8 Å². The summed E-state index contributed by atoms with van der Waals surface area (Å²) in [7, 11) is 1.97. The summed E-state index contributed by atoms with van der Waals surface area (Å²) in [4.78, 5) is 4.65. The van der Waals surface area contributed by atoms with Gasteiger partial charge in [-0.2, -0.15) is 11.8 Å². The molecule has 22 heavy (non-hydrogen) atoms. The summed E-state index contributed by atoms with van der Waals surface area (Å²) in [6.07, 6.45) is 3.26. The average Bonchev–Trinajstić information content (AvgIpc) is 2.80. The molecule has 1 heterocycles. The molecule has 0 spiro atoms. The van der Waals surface area contributed by atoms with Crippen molar-refractivity contribution in [2.75, 3.05) is 18.6 Å². The van der Waals surface area contributed by atoms with Crippen LogP contribution in [0.4, 0.5) is 0 Å². The molecule has 6 nitrogen and oxygen atoms in total. The van der Waals surface area contributed by atoms with Gasteiger partial charge in [-0.3, -0.25) is 0 Å². The third-order valence-electron chi connectivity index (χ3n) is 3.74. The number of nitrogens with zero attached hydrogens (tertiary/aromatic N) is 4. The molecule has 1 atom stereocenters. The first-order chi connectivity index (χ1) is 10.5. The maximum absolute atomic E-state index is 4.65. The lowest BCUT2D eigenvalue weighted by atomic mass is 10.1. The highest BCUT2D eigenvalue weighted by Crippen LogP contribution is 2.02. The number of guanidine groups is 1. The molecule has 0 aromatic carbocycles. The van der Waals surface area contributed by atoms with Crippen LogP contribution < -0.4 is 10.6 Å². The fourth-order valence-electron chi connectivity index (χ4n) is 1.70. The molecule has 1 rings (SSSR count). The van der Waals surface area contributed by atoms with Gasteiger partial charge in [-0.25, -0.2) is 4.99 Å². The second kappa shape index (κ2) is 9.71. The second-order valence-corrected chi connectivity index (χ2v) is 6.82. The van der Waals surface area contributed by atoms with E-state index in [9.17, 15) is 0 Å². The van der Waals surface area contributed by atoms with Crippen molar-refractivity contribution in [1.82, 2.24) is 25.4 Å². The maximum atomic E-state index is 4.65. The van der Waals surface area contributed by atoms with E-state index >= 15 is 0 Å². The normalized spacial score (nSPS) is 13.5. The Morgan fingerprint density at radius 3 is 2.59 bits per heavy atom. The van der Waals surface area contributed by atoms with Crippen LogP contribution >= 0.6 is 11.8 Å². The van der Waals surface area contributed by atoms with Crippen molar-refractivity contribution in [1.29, 1.82) is 0 Å². The Hall–Kier alpha value is -1.24. The van der Waals surface area contributed by atoms with Crippen LogP contribution in [0, 0.1) is 12.8 Å². The van der Waals surface area contributed by atoms with E-state index in [0.29, 0.717) is 18.5 Å². The highest BCUT2D eigenvalue weighted by atomic mass is 32.2. The largest absolute Gasteiger partial charge is 0.356 e. The van der Waals surface area contributed by atoms with Crippen molar-refractivity contribution in [2.45, 2.75) is 46.7 Å². The molecule has 1 unspecified atom stereocenters. The lowest BCUT2D eigenvalue weighted by molar-refractivity contribution is 0.480. The number of hydrogen-bond donors (Lipinski definition) is 2. The lowest BCUT2D eigenvalue weighted by Crippen LogP contribution is -2.44. The van der Waals surface area contributed by atoms with E-state index in [1.807, 2.05) is 30.3 Å². The molecule has 0 bridgehead atoms. The van der Waals surface area contributed by atoms with Crippen molar-refractivity contribution < 1.29 is 0 Å². The second-order valence-electron chi connectivity index (χ2n) is 5.84. The van der Waals surface area contributed by atoms with Crippen LogP contribution in [0.2, 0.25) is 0 Å². The van der Waals surface area contributed by atoms with E-state index in [1.54, 1.807) is 0 Å². The Kier molecular flexibility index (Phi) is 8.30. The van der Waals surface area contributed by atoms with Crippen molar-refractivity contribution in [3.63, 3.8) is 0 Å². The van der Waals surface area contributed by atoms with E-state index in [-0.39, 0.29) is 0 Å².